The zero-order valence-corrected chi connectivity index (χ0v) is 23.3. The van der Waals surface area contributed by atoms with Crippen molar-refractivity contribution in [3.8, 4) is 0 Å². The Balaban J connectivity index is 1.54. The lowest BCUT2D eigenvalue weighted by Crippen LogP contribution is -2.55. The van der Waals surface area contributed by atoms with Gasteiger partial charge in [0.15, 0.2) is 0 Å². The van der Waals surface area contributed by atoms with E-state index in [-0.39, 0.29) is 42.7 Å². The Morgan fingerprint density at radius 3 is 2.56 bits per heavy atom. The summed E-state index contributed by atoms with van der Waals surface area (Å²) in [4.78, 5) is 47.5. The molecule has 0 aliphatic carbocycles. The predicted octanol–water partition coefficient (Wildman–Crippen LogP) is 3.87. The molecule has 0 aromatic heterocycles. The van der Waals surface area contributed by atoms with Gasteiger partial charge in [0.25, 0.3) is 5.91 Å². The van der Waals surface area contributed by atoms with Crippen LogP contribution in [-0.4, -0.2) is 81.5 Å². The number of likely N-dealkylation sites (tertiary alicyclic amines) is 1. The van der Waals surface area contributed by atoms with E-state index >= 15 is 0 Å². The molecule has 0 radical (unpaired) electrons. The van der Waals surface area contributed by atoms with Crippen LogP contribution in [0.4, 0.5) is 5.69 Å². The van der Waals surface area contributed by atoms with Crippen molar-refractivity contribution >= 4 is 45.9 Å². The zero-order chi connectivity index (χ0) is 27.7. The second kappa shape index (κ2) is 11.2. The molecule has 3 fully saturated rings. The second-order valence-corrected chi connectivity index (χ2v) is 12.3. The summed E-state index contributed by atoms with van der Waals surface area (Å²) in [5.41, 5.74) is 0.736. The summed E-state index contributed by atoms with van der Waals surface area (Å²) in [6.07, 6.45) is 5.71. The molecule has 3 heterocycles. The van der Waals surface area contributed by atoms with Crippen LogP contribution in [0.15, 0.2) is 67.8 Å². The quantitative estimate of drug-likeness (QED) is 0.432. The number of carbonyl (C=O) groups is 3. The van der Waals surface area contributed by atoms with Crippen LogP contribution >= 0.6 is 11.8 Å². The average Bonchev–Trinajstić information content (AvgIpc) is 3.58. The van der Waals surface area contributed by atoms with Gasteiger partial charge in [-0.3, -0.25) is 14.4 Å². The maximum Gasteiger partial charge on any atom is 0.251 e. The highest BCUT2D eigenvalue weighted by Crippen LogP contribution is 2.66. The monoisotopic (exact) mass is 547 g/mol. The number of rotatable bonds is 11. The Kier molecular flexibility index (Phi) is 7.87. The molecular formula is C31H37N3O4S. The number of nitrogens with zero attached hydrogens (tertiary/aromatic N) is 3. The van der Waals surface area contributed by atoms with Crippen LogP contribution in [0.5, 0.6) is 0 Å². The van der Waals surface area contributed by atoms with E-state index in [0.717, 1.165) is 29.3 Å². The molecule has 3 aliphatic rings. The third kappa shape index (κ3) is 4.47. The van der Waals surface area contributed by atoms with Crippen LogP contribution in [0, 0.1) is 11.8 Å². The Labute approximate surface area is 234 Å². The highest BCUT2D eigenvalue weighted by Gasteiger charge is 2.74. The molecule has 2 aromatic carbocycles. The molecule has 7 nitrogen and oxygen atoms in total. The van der Waals surface area contributed by atoms with Crippen LogP contribution in [0.25, 0.3) is 10.8 Å². The molecule has 1 N–H and O–H groups in total. The van der Waals surface area contributed by atoms with Gasteiger partial charge in [0, 0.05) is 37.1 Å². The lowest BCUT2D eigenvalue weighted by molar-refractivity contribution is -0.144. The van der Waals surface area contributed by atoms with Gasteiger partial charge in [0.05, 0.1) is 23.2 Å². The Morgan fingerprint density at radius 1 is 1.13 bits per heavy atom. The normalized spacial score (nSPS) is 27.0. The number of hydrogen-bond donors (Lipinski definition) is 1. The number of β-amino-alcohol motifs (C(OH)–C–C–N with tert-alkyl or cyclic N) is 1. The minimum absolute atomic E-state index is 0.00396. The van der Waals surface area contributed by atoms with Crippen LogP contribution in [0.1, 0.15) is 26.2 Å². The molecule has 8 heteroatoms. The average molecular weight is 548 g/mol. The number of carbonyl (C=O) groups excluding carboxylic acids is 3. The molecule has 5 rings (SSSR count). The van der Waals surface area contributed by atoms with Gasteiger partial charge >= 0.3 is 0 Å². The number of aliphatic hydroxyl groups excluding tert-OH is 1. The molecule has 3 amide bonds. The molecule has 1 spiro atoms. The zero-order valence-electron chi connectivity index (χ0n) is 22.5. The topological polar surface area (TPSA) is 81.2 Å². The third-order valence-corrected chi connectivity index (χ3v) is 10.4. The van der Waals surface area contributed by atoms with E-state index in [1.54, 1.807) is 38.6 Å². The smallest absolute Gasteiger partial charge is 0.251 e. The Hall–Kier alpha value is -3.10. The third-order valence-electron chi connectivity index (χ3n) is 8.44. The van der Waals surface area contributed by atoms with Crippen molar-refractivity contribution in [3.63, 3.8) is 0 Å². The highest BCUT2D eigenvalue weighted by molar-refractivity contribution is 8.02. The molecule has 2 unspecified atom stereocenters. The SMILES string of the molecule is C=CCN(CCC)C(=O)[C@@H]1[C@@H]2CCC3(S2)C(C(=O)N(CC=C)c2ccc4ccccc4c2)N(CCO)C(=O)[C@H]13. The van der Waals surface area contributed by atoms with Crippen molar-refractivity contribution in [2.24, 2.45) is 11.8 Å². The molecule has 39 heavy (non-hydrogen) atoms. The maximum absolute atomic E-state index is 14.5. The van der Waals surface area contributed by atoms with Gasteiger partial charge in [-0.2, -0.15) is 0 Å². The molecule has 0 saturated carbocycles. The summed E-state index contributed by atoms with van der Waals surface area (Å²) in [7, 11) is 0. The van der Waals surface area contributed by atoms with E-state index in [4.69, 9.17) is 0 Å². The molecular weight excluding hydrogens is 510 g/mol. The fourth-order valence-corrected chi connectivity index (χ4v) is 9.14. The standard InChI is InChI=1S/C31H37N3O4S/c1-4-15-32(16-5-2)28(36)25-24-13-14-31(39-24)26(25)29(37)34(18-19-35)27(31)30(38)33(17-6-3)23-12-11-21-9-7-8-10-22(21)20-23/h4,6-12,20,24-27,35H,1,3,5,13-19H2,2H3/t24-,25+,26-,27?,31?/m0/s1. The first-order valence-electron chi connectivity index (χ1n) is 13.8. The predicted molar refractivity (Wildman–Crippen MR) is 156 cm³/mol. The van der Waals surface area contributed by atoms with E-state index in [2.05, 4.69) is 13.2 Å². The molecule has 2 bridgehead atoms. The summed E-state index contributed by atoms with van der Waals surface area (Å²) in [6.45, 7) is 10.9. The molecule has 5 atom stereocenters. The van der Waals surface area contributed by atoms with E-state index in [1.165, 1.54) is 0 Å². The summed E-state index contributed by atoms with van der Waals surface area (Å²) in [5, 5.41) is 12.0. The lowest BCUT2D eigenvalue weighted by atomic mass is 9.70. The number of thioether (sulfide) groups is 1. The fourth-order valence-electron chi connectivity index (χ4n) is 6.93. The molecule has 2 aromatic rings. The lowest BCUT2D eigenvalue weighted by Gasteiger charge is -2.37. The van der Waals surface area contributed by atoms with Crippen molar-refractivity contribution in [2.75, 3.05) is 37.7 Å². The number of benzene rings is 2. The van der Waals surface area contributed by atoms with E-state index in [0.29, 0.717) is 19.5 Å². The van der Waals surface area contributed by atoms with Gasteiger partial charge in [0.1, 0.15) is 6.04 Å². The van der Waals surface area contributed by atoms with Crippen LogP contribution < -0.4 is 4.90 Å². The van der Waals surface area contributed by atoms with Gasteiger partial charge in [0.2, 0.25) is 11.8 Å². The Morgan fingerprint density at radius 2 is 1.87 bits per heavy atom. The van der Waals surface area contributed by atoms with Crippen molar-refractivity contribution in [1.29, 1.82) is 0 Å². The molecule has 3 saturated heterocycles. The van der Waals surface area contributed by atoms with E-state index in [9.17, 15) is 19.5 Å². The molecule has 206 valence electrons. The fraction of sp³-hybridized carbons (Fsp3) is 0.452. The first-order valence-corrected chi connectivity index (χ1v) is 14.7. The number of anilines is 1. The van der Waals surface area contributed by atoms with Crippen molar-refractivity contribution < 1.29 is 19.5 Å². The van der Waals surface area contributed by atoms with Gasteiger partial charge in [-0.1, -0.05) is 49.4 Å². The highest BCUT2D eigenvalue weighted by atomic mass is 32.2. The van der Waals surface area contributed by atoms with Crippen LogP contribution in [0.2, 0.25) is 0 Å². The number of hydrogen-bond acceptors (Lipinski definition) is 5. The van der Waals surface area contributed by atoms with E-state index in [1.807, 2.05) is 49.4 Å². The largest absolute Gasteiger partial charge is 0.395 e. The number of fused-ring (bicyclic) bond motifs is 2. The van der Waals surface area contributed by atoms with Crippen molar-refractivity contribution in [3.05, 3.63) is 67.8 Å². The Bertz CT molecular complexity index is 1300. The summed E-state index contributed by atoms with van der Waals surface area (Å²) in [5.74, 6) is -1.46. The second-order valence-electron chi connectivity index (χ2n) is 10.7. The minimum Gasteiger partial charge on any atom is -0.395 e. The minimum atomic E-state index is -0.764. The number of amides is 3. The van der Waals surface area contributed by atoms with E-state index < -0.39 is 22.6 Å². The van der Waals surface area contributed by atoms with Crippen molar-refractivity contribution in [2.45, 2.75) is 42.2 Å². The van der Waals surface area contributed by atoms with Crippen molar-refractivity contribution in [1.82, 2.24) is 9.80 Å². The van der Waals surface area contributed by atoms with Gasteiger partial charge in [-0.25, -0.2) is 0 Å². The maximum atomic E-state index is 14.5. The summed E-state index contributed by atoms with van der Waals surface area (Å²) < 4.78 is -0.698. The first-order chi connectivity index (χ1) is 18.9. The van der Waals surface area contributed by atoms with Gasteiger partial charge in [-0.15, -0.1) is 24.9 Å². The first kappa shape index (κ1) is 27.5. The summed E-state index contributed by atoms with van der Waals surface area (Å²) >= 11 is 1.65. The van der Waals surface area contributed by atoms with Gasteiger partial charge < -0.3 is 19.8 Å². The van der Waals surface area contributed by atoms with Crippen LogP contribution in [-0.2, 0) is 14.4 Å². The summed E-state index contributed by atoms with van der Waals surface area (Å²) in [6, 6.07) is 13.1. The van der Waals surface area contributed by atoms with Crippen LogP contribution in [0.3, 0.4) is 0 Å². The molecule has 3 aliphatic heterocycles. The van der Waals surface area contributed by atoms with Gasteiger partial charge in [-0.05, 0) is 42.2 Å². The number of aliphatic hydroxyl groups is 1.